The molecule has 3 heterocycles. The predicted octanol–water partition coefficient (Wildman–Crippen LogP) is 4.81. The highest BCUT2D eigenvalue weighted by molar-refractivity contribution is 6.30. The van der Waals surface area contributed by atoms with Crippen LogP contribution in [0, 0.1) is 0 Å². The summed E-state index contributed by atoms with van der Waals surface area (Å²) in [4.78, 5) is 14.3. The second kappa shape index (κ2) is 8.24. The molecule has 1 aliphatic heterocycles. The van der Waals surface area contributed by atoms with Gasteiger partial charge in [0.05, 0.1) is 18.3 Å². The van der Waals surface area contributed by atoms with Gasteiger partial charge in [-0.3, -0.25) is 0 Å². The van der Waals surface area contributed by atoms with Crippen LogP contribution >= 0.6 is 11.6 Å². The first-order valence-corrected chi connectivity index (χ1v) is 10.4. The van der Waals surface area contributed by atoms with Gasteiger partial charge < -0.3 is 19.5 Å². The summed E-state index contributed by atoms with van der Waals surface area (Å²) in [6, 6.07) is 19.9. The van der Waals surface area contributed by atoms with E-state index in [1.807, 2.05) is 48.5 Å². The van der Waals surface area contributed by atoms with Crippen LogP contribution in [0.5, 0.6) is 0 Å². The van der Waals surface area contributed by atoms with E-state index < -0.39 is 0 Å². The first-order valence-electron chi connectivity index (χ1n) is 10.0. The molecular formula is C23H22ClN5O. The van der Waals surface area contributed by atoms with Crippen molar-refractivity contribution in [1.82, 2.24) is 9.97 Å². The largest absolute Gasteiger partial charge is 0.467 e. The Morgan fingerprint density at radius 2 is 1.63 bits per heavy atom. The van der Waals surface area contributed by atoms with Crippen LogP contribution in [0.1, 0.15) is 5.76 Å². The molecule has 0 aliphatic carbocycles. The molecule has 7 heteroatoms. The highest BCUT2D eigenvalue weighted by Crippen LogP contribution is 2.26. The first-order chi connectivity index (χ1) is 14.8. The fraction of sp³-hybridized carbons (Fsp3) is 0.217. The van der Waals surface area contributed by atoms with E-state index in [4.69, 9.17) is 26.0 Å². The minimum atomic E-state index is 0.581. The van der Waals surface area contributed by atoms with Gasteiger partial charge >= 0.3 is 0 Å². The molecule has 30 heavy (non-hydrogen) atoms. The average Bonchev–Trinajstić information content (AvgIpc) is 3.32. The van der Waals surface area contributed by atoms with Crippen molar-refractivity contribution in [3.8, 4) is 0 Å². The predicted molar refractivity (Wildman–Crippen MR) is 121 cm³/mol. The van der Waals surface area contributed by atoms with Crippen molar-refractivity contribution >= 4 is 40.0 Å². The zero-order valence-electron chi connectivity index (χ0n) is 16.5. The van der Waals surface area contributed by atoms with E-state index in [2.05, 4.69) is 27.2 Å². The summed E-state index contributed by atoms with van der Waals surface area (Å²) in [5.74, 6) is 2.45. The summed E-state index contributed by atoms with van der Waals surface area (Å²) >= 11 is 6.02. The molecular weight excluding hydrogens is 398 g/mol. The van der Waals surface area contributed by atoms with Crippen LogP contribution in [0.2, 0.25) is 5.02 Å². The standard InChI is InChI=1S/C23H22ClN5O/c24-17-7-9-18(10-8-17)28-11-13-29(14-12-28)23-26-21-6-2-1-5-20(21)22(27-23)25-16-19-4-3-15-30-19/h1-10,15H,11-14,16H2,(H,25,26,27). The van der Waals surface area contributed by atoms with Gasteiger partial charge in [-0.05, 0) is 48.5 Å². The number of nitrogens with one attached hydrogen (secondary N) is 1. The number of benzene rings is 2. The maximum absolute atomic E-state index is 6.02. The second-order valence-corrected chi connectivity index (χ2v) is 7.71. The molecule has 0 unspecified atom stereocenters. The summed E-state index contributed by atoms with van der Waals surface area (Å²) in [6.45, 7) is 4.12. The maximum Gasteiger partial charge on any atom is 0.228 e. The topological polar surface area (TPSA) is 57.4 Å². The molecule has 2 aromatic carbocycles. The molecule has 0 atom stereocenters. The molecule has 0 bridgehead atoms. The maximum atomic E-state index is 6.02. The van der Waals surface area contributed by atoms with Crippen molar-refractivity contribution in [3.05, 3.63) is 77.7 Å². The number of para-hydroxylation sites is 1. The fourth-order valence-corrected chi connectivity index (χ4v) is 3.87. The number of aromatic nitrogens is 2. The molecule has 5 rings (SSSR count). The van der Waals surface area contributed by atoms with Crippen LogP contribution in [0.15, 0.2) is 71.3 Å². The SMILES string of the molecule is Clc1ccc(N2CCN(c3nc(NCc4ccco4)c4ccccc4n3)CC2)cc1. The third kappa shape index (κ3) is 3.91. The van der Waals surface area contributed by atoms with E-state index in [-0.39, 0.29) is 0 Å². The smallest absolute Gasteiger partial charge is 0.228 e. The fourth-order valence-electron chi connectivity index (χ4n) is 3.74. The van der Waals surface area contributed by atoms with Gasteiger partial charge in [-0.2, -0.15) is 4.98 Å². The number of hydrogen-bond donors (Lipinski definition) is 1. The third-order valence-corrected chi connectivity index (χ3v) is 5.61. The average molecular weight is 420 g/mol. The molecule has 0 saturated carbocycles. The van der Waals surface area contributed by atoms with Crippen molar-refractivity contribution in [1.29, 1.82) is 0 Å². The Hall–Kier alpha value is -3.25. The van der Waals surface area contributed by atoms with Crippen LogP contribution in [0.3, 0.4) is 0 Å². The summed E-state index contributed by atoms with van der Waals surface area (Å²) in [5, 5.41) is 5.18. The lowest BCUT2D eigenvalue weighted by Gasteiger charge is -2.36. The molecule has 1 fully saturated rings. The second-order valence-electron chi connectivity index (χ2n) is 7.27. The Morgan fingerprint density at radius 3 is 2.40 bits per heavy atom. The van der Waals surface area contributed by atoms with E-state index in [1.54, 1.807) is 6.26 Å². The van der Waals surface area contributed by atoms with Crippen LogP contribution in [-0.4, -0.2) is 36.1 Å². The van der Waals surface area contributed by atoms with Crippen molar-refractivity contribution in [3.63, 3.8) is 0 Å². The van der Waals surface area contributed by atoms with Gasteiger partial charge in [0.1, 0.15) is 11.6 Å². The molecule has 6 nitrogen and oxygen atoms in total. The lowest BCUT2D eigenvalue weighted by molar-refractivity contribution is 0.518. The Morgan fingerprint density at radius 1 is 0.867 bits per heavy atom. The number of hydrogen-bond acceptors (Lipinski definition) is 6. The van der Waals surface area contributed by atoms with Gasteiger partial charge in [-0.1, -0.05) is 23.7 Å². The van der Waals surface area contributed by atoms with Crippen molar-refractivity contribution in [2.75, 3.05) is 41.3 Å². The monoisotopic (exact) mass is 419 g/mol. The highest BCUT2D eigenvalue weighted by Gasteiger charge is 2.20. The number of halogens is 1. The van der Waals surface area contributed by atoms with Crippen LogP contribution in [-0.2, 0) is 6.54 Å². The molecule has 152 valence electrons. The van der Waals surface area contributed by atoms with Gasteiger partial charge in [0.15, 0.2) is 0 Å². The van der Waals surface area contributed by atoms with Crippen molar-refractivity contribution in [2.24, 2.45) is 0 Å². The molecule has 1 saturated heterocycles. The Balaban J connectivity index is 1.36. The van der Waals surface area contributed by atoms with Gasteiger partial charge in [0.25, 0.3) is 0 Å². The van der Waals surface area contributed by atoms with Gasteiger partial charge in [0, 0.05) is 42.3 Å². The zero-order chi connectivity index (χ0) is 20.3. The van der Waals surface area contributed by atoms with Gasteiger partial charge in [-0.15, -0.1) is 0 Å². The van der Waals surface area contributed by atoms with Crippen LogP contribution < -0.4 is 15.1 Å². The number of nitrogens with zero attached hydrogens (tertiary/aromatic N) is 4. The van der Waals surface area contributed by atoms with E-state index in [0.717, 1.165) is 59.6 Å². The van der Waals surface area contributed by atoms with Crippen LogP contribution in [0.4, 0.5) is 17.5 Å². The Labute approximate surface area is 180 Å². The van der Waals surface area contributed by atoms with Crippen molar-refractivity contribution < 1.29 is 4.42 Å². The number of piperazine rings is 1. The molecule has 2 aromatic heterocycles. The van der Waals surface area contributed by atoms with E-state index in [0.29, 0.717) is 6.54 Å². The molecule has 4 aromatic rings. The van der Waals surface area contributed by atoms with Crippen LogP contribution in [0.25, 0.3) is 10.9 Å². The number of anilines is 3. The minimum absolute atomic E-state index is 0.581. The Bertz CT molecular complexity index is 1120. The van der Waals surface area contributed by atoms with E-state index in [1.165, 1.54) is 5.69 Å². The summed E-state index contributed by atoms with van der Waals surface area (Å²) in [6.07, 6.45) is 1.68. The molecule has 0 spiro atoms. The number of furan rings is 1. The lowest BCUT2D eigenvalue weighted by atomic mass is 10.2. The van der Waals surface area contributed by atoms with Gasteiger partial charge in [-0.25, -0.2) is 4.98 Å². The molecule has 1 N–H and O–H groups in total. The zero-order valence-corrected chi connectivity index (χ0v) is 17.2. The summed E-state index contributed by atoms with van der Waals surface area (Å²) < 4.78 is 5.44. The quantitative estimate of drug-likeness (QED) is 0.500. The summed E-state index contributed by atoms with van der Waals surface area (Å²) in [5.41, 5.74) is 2.13. The number of rotatable bonds is 5. The Kier molecular flexibility index (Phi) is 5.15. The molecule has 0 radical (unpaired) electrons. The molecule has 0 amide bonds. The summed E-state index contributed by atoms with van der Waals surface area (Å²) in [7, 11) is 0. The van der Waals surface area contributed by atoms with Crippen molar-refractivity contribution in [2.45, 2.75) is 6.54 Å². The van der Waals surface area contributed by atoms with E-state index >= 15 is 0 Å². The van der Waals surface area contributed by atoms with E-state index in [9.17, 15) is 0 Å². The van der Waals surface area contributed by atoms with Gasteiger partial charge in [0.2, 0.25) is 5.95 Å². The molecule has 1 aliphatic rings. The minimum Gasteiger partial charge on any atom is -0.467 e. The first kappa shape index (κ1) is 18.8. The highest BCUT2D eigenvalue weighted by atomic mass is 35.5. The third-order valence-electron chi connectivity index (χ3n) is 5.36. The normalized spacial score (nSPS) is 14.3. The number of fused-ring (bicyclic) bond motifs is 1. The lowest BCUT2D eigenvalue weighted by Crippen LogP contribution is -2.47.